The molecule has 0 N–H and O–H groups in total. The summed E-state index contributed by atoms with van der Waals surface area (Å²) in [5.74, 6) is -0.107. The van der Waals surface area contributed by atoms with Crippen LogP contribution in [0.1, 0.15) is 30.4 Å². The fourth-order valence-electron chi connectivity index (χ4n) is 3.16. The molecule has 2 heteroatoms. The van der Waals surface area contributed by atoms with Gasteiger partial charge >= 0.3 is 0 Å². The zero-order valence-corrected chi connectivity index (χ0v) is 10.2. The van der Waals surface area contributed by atoms with Crippen LogP contribution >= 0.6 is 0 Å². The lowest BCUT2D eigenvalue weighted by molar-refractivity contribution is 0.364. The van der Waals surface area contributed by atoms with Crippen LogP contribution < -0.4 is 0 Å². The molecule has 1 atom stereocenters. The van der Waals surface area contributed by atoms with Crippen LogP contribution in [0.4, 0.5) is 4.39 Å². The van der Waals surface area contributed by atoms with Crippen molar-refractivity contribution in [2.45, 2.75) is 31.7 Å². The van der Waals surface area contributed by atoms with Crippen molar-refractivity contribution in [3.8, 4) is 0 Å². The summed E-state index contributed by atoms with van der Waals surface area (Å²) in [5, 5.41) is 0. The third-order valence-electron chi connectivity index (χ3n) is 4.04. The van der Waals surface area contributed by atoms with E-state index >= 15 is 0 Å². The first kappa shape index (κ1) is 11.0. The summed E-state index contributed by atoms with van der Waals surface area (Å²) >= 11 is 0. The number of aryl methyl sites for hydroxylation is 1. The van der Waals surface area contributed by atoms with Gasteiger partial charge in [-0.05, 0) is 68.1 Å². The summed E-state index contributed by atoms with van der Waals surface area (Å²) in [7, 11) is 2.19. The Hall–Kier alpha value is -1.15. The highest BCUT2D eigenvalue weighted by Crippen LogP contribution is 2.35. The van der Waals surface area contributed by atoms with Crippen molar-refractivity contribution in [2.24, 2.45) is 0 Å². The van der Waals surface area contributed by atoms with E-state index < -0.39 is 0 Å². The van der Waals surface area contributed by atoms with Gasteiger partial charge in [0.1, 0.15) is 5.82 Å². The minimum absolute atomic E-state index is 0.107. The van der Waals surface area contributed by atoms with E-state index in [1.54, 1.807) is 12.1 Å². The number of halogens is 1. The van der Waals surface area contributed by atoms with Gasteiger partial charge in [0, 0.05) is 6.04 Å². The molecule has 1 fully saturated rings. The Balaban J connectivity index is 1.99. The molecule has 0 amide bonds. The van der Waals surface area contributed by atoms with Gasteiger partial charge in [-0.1, -0.05) is 12.1 Å². The number of nitrogens with zero attached hydrogens (tertiary/aromatic N) is 1. The SMILES string of the molecule is CN1CCCC1C1=CCCc2cc(F)ccc21. The minimum Gasteiger partial charge on any atom is -0.299 e. The molecule has 0 saturated carbocycles. The van der Waals surface area contributed by atoms with Gasteiger partial charge in [-0.25, -0.2) is 4.39 Å². The molecule has 0 radical (unpaired) electrons. The highest BCUT2D eigenvalue weighted by atomic mass is 19.1. The fourth-order valence-corrected chi connectivity index (χ4v) is 3.16. The van der Waals surface area contributed by atoms with Crippen molar-refractivity contribution >= 4 is 5.57 Å². The molecule has 1 aliphatic heterocycles. The zero-order chi connectivity index (χ0) is 11.8. The Labute approximate surface area is 102 Å². The Kier molecular flexibility index (Phi) is 2.75. The number of benzene rings is 1. The summed E-state index contributed by atoms with van der Waals surface area (Å²) in [6, 6.07) is 5.80. The summed E-state index contributed by atoms with van der Waals surface area (Å²) in [4.78, 5) is 2.42. The van der Waals surface area contributed by atoms with Crippen molar-refractivity contribution in [3.63, 3.8) is 0 Å². The van der Waals surface area contributed by atoms with Crippen LogP contribution in [0.2, 0.25) is 0 Å². The van der Waals surface area contributed by atoms with E-state index in [1.807, 2.05) is 6.07 Å². The third kappa shape index (κ3) is 1.91. The summed E-state index contributed by atoms with van der Waals surface area (Å²) < 4.78 is 13.2. The van der Waals surface area contributed by atoms with Crippen LogP contribution in [0.3, 0.4) is 0 Å². The van der Waals surface area contributed by atoms with Gasteiger partial charge in [0.25, 0.3) is 0 Å². The van der Waals surface area contributed by atoms with E-state index in [4.69, 9.17) is 0 Å². The second-order valence-corrected chi connectivity index (χ2v) is 5.14. The van der Waals surface area contributed by atoms with Crippen LogP contribution in [0.5, 0.6) is 0 Å². The first-order valence-corrected chi connectivity index (χ1v) is 6.45. The zero-order valence-electron chi connectivity index (χ0n) is 10.2. The molecule has 1 heterocycles. The van der Waals surface area contributed by atoms with Crippen molar-refractivity contribution in [1.29, 1.82) is 0 Å². The second-order valence-electron chi connectivity index (χ2n) is 5.14. The molecule has 3 rings (SSSR count). The topological polar surface area (TPSA) is 3.24 Å². The molecular formula is C15H18FN. The fraction of sp³-hybridized carbons (Fsp3) is 0.467. The molecule has 0 bridgehead atoms. The maximum Gasteiger partial charge on any atom is 0.123 e. The smallest absolute Gasteiger partial charge is 0.123 e. The quantitative estimate of drug-likeness (QED) is 0.717. The van der Waals surface area contributed by atoms with Crippen LogP contribution in [0, 0.1) is 5.82 Å². The molecule has 0 spiro atoms. The number of hydrogen-bond acceptors (Lipinski definition) is 1. The van der Waals surface area contributed by atoms with E-state index in [-0.39, 0.29) is 5.82 Å². The van der Waals surface area contributed by atoms with Gasteiger partial charge in [-0.3, -0.25) is 4.90 Å². The molecule has 1 nitrogen and oxygen atoms in total. The van der Waals surface area contributed by atoms with Crippen LogP contribution in [0.15, 0.2) is 24.3 Å². The van der Waals surface area contributed by atoms with E-state index in [2.05, 4.69) is 18.0 Å². The molecule has 1 saturated heterocycles. The van der Waals surface area contributed by atoms with Crippen LogP contribution in [-0.2, 0) is 6.42 Å². The Morgan fingerprint density at radius 1 is 1.35 bits per heavy atom. The van der Waals surface area contributed by atoms with E-state index in [9.17, 15) is 4.39 Å². The lowest BCUT2D eigenvalue weighted by atomic mass is 9.86. The first-order chi connectivity index (χ1) is 8.25. The molecule has 17 heavy (non-hydrogen) atoms. The van der Waals surface area contributed by atoms with Gasteiger partial charge in [0.2, 0.25) is 0 Å². The largest absolute Gasteiger partial charge is 0.299 e. The monoisotopic (exact) mass is 231 g/mol. The lowest BCUT2D eigenvalue weighted by Gasteiger charge is -2.27. The third-order valence-corrected chi connectivity index (χ3v) is 4.04. The first-order valence-electron chi connectivity index (χ1n) is 6.45. The predicted octanol–water partition coefficient (Wildman–Crippen LogP) is 3.25. The van der Waals surface area contributed by atoms with Gasteiger partial charge in [0.05, 0.1) is 0 Å². The average molecular weight is 231 g/mol. The van der Waals surface area contributed by atoms with E-state index in [0.717, 1.165) is 12.8 Å². The number of hydrogen-bond donors (Lipinski definition) is 0. The standard InChI is InChI=1S/C15H18FN/c1-17-9-3-6-15(17)14-5-2-4-11-10-12(16)7-8-13(11)14/h5,7-8,10,15H,2-4,6,9H2,1H3. The Bertz CT molecular complexity index is 464. The average Bonchev–Trinajstić information content (AvgIpc) is 2.74. The van der Waals surface area contributed by atoms with Crippen LogP contribution in [0.25, 0.3) is 5.57 Å². The number of likely N-dealkylation sites (tertiary alicyclic amines) is 1. The highest BCUT2D eigenvalue weighted by molar-refractivity contribution is 5.73. The maximum absolute atomic E-state index is 13.2. The van der Waals surface area contributed by atoms with Crippen molar-refractivity contribution < 1.29 is 4.39 Å². The maximum atomic E-state index is 13.2. The normalized spacial score (nSPS) is 24.6. The van der Waals surface area contributed by atoms with Crippen molar-refractivity contribution in [1.82, 2.24) is 4.90 Å². The molecule has 1 aromatic carbocycles. The molecule has 0 aromatic heterocycles. The molecular weight excluding hydrogens is 213 g/mol. The highest BCUT2D eigenvalue weighted by Gasteiger charge is 2.27. The summed E-state index contributed by atoms with van der Waals surface area (Å²) in [6.07, 6.45) is 6.89. The lowest BCUT2D eigenvalue weighted by Crippen LogP contribution is -2.27. The summed E-state index contributed by atoms with van der Waals surface area (Å²) in [6.45, 7) is 1.18. The predicted molar refractivity (Wildman–Crippen MR) is 68.4 cm³/mol. The van der Waals surface area contributed by atoms with Crippen LogP contribution in [-0.4, -0.2) is 24.5 Å². The van der Waals surface area contributed by atoms with Crippen molar-refractivity contribution in [2.75, 3.05) is 13.6 Å². The number of fused-ring (bicyclic) bond motifs is 1. The molecule has 1 aliphatic carbocycles. The number of allylic oxidation sites excluding steroid dienone is 1. The Morgan fingerprint density at radius 3 is 3.00 bits per heavy atom. The van der Waals surface area contributed by atoms with Gasteiger partial charge in [0.15, 0.2) is 0 Å². The molecule has 1 unspecified atom stereocenters. The van der Waals surface area contributed by atoms with E-state index in [1.165, 1.54) is 36.1 Å². The number of rotatable bonds is 1. The molecule has 2 aliphatic rings. The van der Waals surface area contributed by atoms with E-state index in [0.29, 0.717) is 6.04 Å². The Morgan fingerprint density at radius 2 is 2.24 bits per heavy atom. The van der Waals surface area contributed by atoms with Gasteiger partial charge in [-0.15, -0.1) is 0 Å². The van der Waals surface area contributed by atoms with Gasteiger partial charge < -0.3 is 0 Å². The second kappa shape index (κ2) is 4.26. The summed E-state index contributed by atoms with van der Waals surface area (Å²) in [5.41, 5.74) is 3.88. The van der Waals surface area contributed by atoms with Crippen molar-refractivity contribution in [3.05, 3.63) is 41.2 Å². The molecule has 1 aromatic rings. The minimum atomic E-state index is -0.107. The van der Waals surface area contributed by atoms with Gasteiger partial charge in [-0.2, -0.15) is 0 Å². The number of likely N-dealkylation sites (N-methyl/N-ethyl adjacent to an activating group) is 1. The molecule has 90 valence electrons.